The van der Waals surface area contributed by atoms with Crippen molar-refractivity contribution in [2.24, 2.45) is 0 Å². The van der Waals surface area contributed by atoms with E-state index >= 15 is 0 Å². The lowest BCUT2D eigenvalue weighted by atomic mass is 9.98. The summed E-state index contributed by atoms with van der Waals surface area (Å²) in [7, 11) is 0. The van der Waals surface area contributed by atoms with Gasteiger partial charge in [0.1, 0.15) is 29.3 Å². The predicted molar refractivity (Wildman–Crippen MR) is 135 cm³/mol. The minimum Gasteiger partial charge on any atom is -0.493 e. The Morgan fingerprint density at radius 2 is 1.71 bits per heavy atom. The number of amides is 1. The first kappa shape index (κ1) is 29.3. The fourth-order valence-corrected chi connectivity index (χ4v) is 4.50. The highest BCUT2D eigenvalue weighted by Crippen LogP contribution is 2.24. The number of pyridine rings is 1. The van der Waals surface area contributed by atoms with Crippen LogP contribution in [0, 0.1) is 0 Å². The number of nitrogens with one attached hydrogen (secondary N) is 1. The van der Waals surface area contributed by atoms with E-state index in [9.17, 15) is 34.8 Å². The van der Waals surface area contributed by atoms with Crippen LogP contribution in [0.3, 0.4) is 0 Å². The molecule has 12 nitrogen and oxygen atoms in total. The van der Waals surface area contributed by atoms with Crippen LogP contribution >= 0.6 is 11.8 Å². The van der Waals surface area contributed by atoms with Gasteiger partial charge in [0.25, 0.3) is 5.24 Å². The number of carboxylic acid groups (broad SMARTS) is 2. The number of carbonyl (C=O) groups excluding carboxylic acids is 1. The highest BCUT2D eigenvalue weighted by Gasteiger charge is 2.47. The number of benzene rings is 1. The van der Waals surface area contributed by atoms with Gasteiger partial charge in [-0.2, -0.15) is 0 Å². The fraction of sp³-hybridized carbons (Fsp3) is 0.440. The van der Waals surface area contributed by atoms with E-state index in [2.05, 4.69) is 17.2 Å². The lowest BCUT2D eigenvalue weighted by Crippen LogP contribution is -2.63. The quantitative estimate of drug-likeness (QED) is 0.228. The van der Waals surface area contributed by atoms with Gasteiger partial charge < -0.3 is 40.3 Å². The fourth-order valence-electron chi connectivity index (χ4n) is 3.68. The maximum atomic E-state index is 12.4. The van der Waals surface area contributed by atoms with Gasteiger partial charge in [-0.3, -0.25) is 14.6 Å². The number of nitrogens with zero attached hydrogens (tertiary/aromatic N) is 1. The third-order valence-corrected chi connectivity index (χ3v) is 6.89. The Labute approximate surface area is 222 Å². The molecule has 1 saturated heterocycles. The average Bonchev–Trinajstić information content (AvgIpc) is 2.89. The molecule has 2 heterocycles. The maximum absolute atomic E-state index is 12.4. The van der Waals surface area contributed by atoms with E-state index in [1.807, 2.05) is 18.3 Å². The van der Waals surface area contributed by atoms with E-state index in [0.717, 1.165) is 17.7 Å². The van der Waals surface area contributed by atoms with E-state index in [1.165, 1.54) is 0 Å². The Kier molecular flexibility index (Phi) is 10.4. The second-order valence-electron chi connectivity index (χ2n) is 8.62. The molecule has 0 unspecified atom stereocenters. The molecule has 1 fully saturated rings. The van der Waals surface area contributed by atoms with Crippen LogP contribution in [0.5, 0.6) is 5.75 Å². The number of aliphatic hydroxyl groups excluding tert-OH is 3. The first-order valence-electron chi connectivity index (χ1n) is 11.9. The first-order valence-corrected chi connectivity index (χ1v) is 12.7. The third-order valence-electron chi connectivity index (χ3n) is 5.91. The topological polar surface area (TPSA) is 196 Å². The minimum atomic E-state index is -1.91. The normalized spacial score (nSPS) is 23.8. The van der Waals surface area contributed by atoms with Crippen LogP contribution in [0.15, 0.2) is 42.6 Å². The number of aromatic nitrogens is 1. The summed E-state index contributed by atoms with van der Waals surface area (Å²) in [5, 5.41) is 48.3. The van der Waals surface area contributed by atoms with Crippen molar-refractivity contribution in [2.45, 2.75) is 62.1 Å². The molecule has 6 N–H and O–H groups in total. The molecule has 0 aliphatic carbocycles. The molecule has 3 rings (SSSR count). The summed E-state index contributed by atoms with van der Waals surface area (Å²) >= 11 is 0.403. The van der Waals surface area contributed by atoms with Crippen molar-refractivity contribution in [3.8, 4) is 5.75 Å². The molecule has 6 atom stereocenters. The van der Waals surface area contributed by atoms with Gasteiger partial charge >= 0.3 is 11.9 Å². The summed E-state index contributed by atoms with van der Waals surface area (Å²) in [5.74, 6) is -2.28. The first-order chi connectivity index (χ1) is 18.1. The third kappa shape index (κ3) is 7.88. The van der Waals surface area contributed by atoms with Crippen molar-refractivity contribution in [3.63, 3.8) is 0 Å². The molecule has 13 heteroatoms. The number of carbonyl (C=O) groups is 3. The van der Waals surface area contributed by atoms with E-state index in [4.69, 9.17) is 14.6 Å². The highest BCUT2D eigenvalue weighted by atomic mass is 32.2. The Hall–Kier alpha value is -3.23. The number of hydrogen-bond donors (Lipinski definition) is 6. The summed E-state index contributed by atoms with van der Waals surface area (Å²) in [6.45, 7) is 2.47. The number of aliphatic carboxylic acids is 2. The van der Waals surface area contributed by atoms with Gasteiger partial charge in [-0.15, -0.1) is 0 Å². The van der Waals surface area contributed by atoms with Gasteiger partial charge in [0.15, 0.2) is 12.3 Å². The van der Waals surface area contributed by atoms with Crippen molar-refractivity contribution in [1.82, 2.24) is 10.3 Å². The van der Waals surface area contributed by atoms with E-state index in [1.54, 1.807) is 24.3 Å². The largest absolute Gasteiger partial charge is 0.493 e. The van der Waals surface area contributed by atoms with E-state index in [0.29, 0.717) is 36.1 Å². The summed E-state index contributed by atoms with van der Waals surface area (Å²) in [4.78, 5) is 39.8. The van der Waals surface area contributed by atoms with Gasteiger partial charge in [0.05, 0.1) is 6.61 Å². The molecule has 1 amide bonds. The monoisotopic (exact) mass is 550 g/mol. The van der Waals surface area contributed by atoms with Crippen molar-refractivity contribution in [1.29, 1.82) is 0 Å². The number of ether oxygens (including phenoxy) is 2. The molecule has 0 radical (unpaired) electrons. The molecule has 2 aromatic rings. The Morgan fingerprint density at radius 1 is 1.03 bits per heavy atom. The smallest absolute Gasteiger partial charge is 0.335 e. The van der Waals surface area contributed by atoms with Gasteiger partial charge in [0, 0.05) is 18.3 Å². The molecule has 1 aromatic heterocycles. The van der Waals surface area contributed by atoms with Crippen LogP contribution < -0.4 is 10.1 Å². The standard InChI is InChI=1S/C25H30N2O10S/c1-2-13-3-6-15(26-12-13)9-10-36-16-7-4-14(5-8-16)11-17(23(31)32)38-25(35)27-22-20(30)18(28)19(29)21(37-22)24(33)34/h3-8,12,17-22,28-30H,2,9-11H2,1H3,(H,27,35)(H,31,32)(H,33,34)/t17-,18-,19-,20+,21-,22+/m0/s1. The zero-order valence-electron chi connectivity index (χ0n) is 20.5. The molecule has 0 bridgehead atoms. The second kappa shape index (κ2) is 13.5. The van der Waals surface area contributed by atoms with Crippen molar-refractivity contribution >= 4 is 28.9 Å². The molecular weight excluding hydrogens is 520 g/mol. The van der Waals surface area contributed by atoms with Crippen LogP contribution in [0.4, 0.5) is 4.79 Å². The number of hydrogen-bond acceptors (Lipinski definition) is 10. The molecule has 0 saturated carbocycles. The lowest BCUT2D eigenvalue weighted by molar-refractivity contribution is -0.230. The van der Waals surface area contributed by atoms with Crippen molar-refractivity contribution < 1.29 is 49.4 Å². The highest BCUT2D eigenvalue weighted by molar-refractivity contribution is 8.14. The zero-order chi connectivity index (χ0) is 27.8. The number of thioether (sulfide) groups is 1. The molecular formula is C25H30N2O10S. The summed E-state index contributed by atoms with van der Waals surface area (Å²) < 4.78 is 10.7. The number of rotatable bonds is 11. The van der Waals surface area contributed by atoms with Gasteiger partial charge in [-0.1, -0.05) is 25.1 Å². The SMILES string of the molecule is CCc1ccc(CCOc2ccc(C[C@H](SC(=O)N[C@@H]3O[C@H](C(=O)O)[C@@H](O)[C@H](O)[C@H]3O)C(=O)O)cc2)nc1. The van der Waals surface area contributed by atoms with E-state index in [-0.39, 0.29) is 6.42 Å². The number of aryl methyl sites for hydroxylation is 1. The van der Waals surface area contributed by atoms with Crippen LogP contribution in [-0.4, -0.2) is 90.2 Å². The second-order valence-corrected chi connectivity index (χ2v) is 9.80. The zero-order valence-corrected chi connectivity index (χ0v) is 21.3. The summed E-state index contributed by atoms with van der Waals surface area (Å²) in [6, 6.07) is 10.7. The van der Waals surface area contributed by atoms with Crippen LogP contribution in [0.25, 0.3) is 0 Å². The predicted octanol–water partition coefficient (Wildman–Crippen LogP) is 0.596. The molecule has 0 spiro atoms. The van der Waals surface area contributed by atoms with Crippen LogP contribution in [0.2, 0.25) is 0 Å². The number of carboxylic acids is 2. The van der Waals surface area contributed by atoms with Crippen LogP contribution in [0.1, 0.15) is 23.7 Å². The summed E-state index contributed by atoms with van der Waals surface area (Å²) in [6.07, 6.45) is -5.82. The Bertz CT molecular complexity index is 1100. The van der Waals surface area contributed by atoms with Gasteiger partial charge in [-0.05, 0) is 53.9 Å². The van der Waals surface area contributed by atoms with Crippen molar-refractivity contribution in [3.05, 3.63) is 59.4 Å². The van der Waals surface area contributed by atoms with Gasteiger partial charge in [0.2, 0.25) is 0 Å². The Balaban J connectivity index is 1.51. The molecule has 206 valence electrons. The summed E-state index contributed by atoms with van der Waals surface area (Å²) in [5.41, 5.74) is 2.69. The minimum absolute atomic E-state index is 0.0193. The maximum Gasteiger partial charge on any atom is 0.335 e. The van der Waals surface area contributed by atoms with E-state index < -0.39 is 53.1 Å². The number of aliphatic hydroxyl groups is 3. The Morgan fingerprint density at radius 3 is 2.29 bits per heavy atom. The van der Waals surface area contributed by atoms with Crippen LogP contribution in [-0.2, 0) is 33.6 Å². The molecule has 38 heavy (non-hydrogen) atoms. The molecule has 1 aliphatic heterocycles. The lowest BCUT2D eigenvalue weighted by Gasteiger charge is -2.38. The molecule has 1 aliphatic rings. The molecule has 1 aromatic carbocycles. The average molecular weight is 551 g/mol. The van der Waals surface area contributed by atoms with Crippen molar-refractivity contribution in [2.75, 3.05) is 6.61 Å². The van der Waals surface area contributed by atoms with Gasteiger partial charge in [-0.25, -0.2) is 4.79 Å².